The molecule has 0 saturated carbocycles. The van der Waals surface area contributed by atoms with Gasteiger partial charge in [-0.05, 0) is 29.8 Å². The van der Waals surface area contributed by atoms with Crippen LogP contribution in [0.2, 0.25) is 5.02 Å². The Balaban J connectivity index is 1.44. The molecule has 2 aromatic carbocycles. The molecule has 1 unspecified atom stereocenters. The zero-order valence-electron chi connectivity index (χ0n) is 13.8. The quantitative estimate of drug-likeness (QED) is 0.525. The van der Waals surface area contributed by atoms with Crippen LogP contribution >= 0.6 is 11.6 Å². The van der Waals surface area contributed by atoms with E-state index in [0.29, 0.717) is 23.1 Å². The van der Waals surface area contributed by atoms with Gasteiger partial charge in [0.05, 0.1) is 12.2 Å². The molecule has 1 radical (unpaired) electrons. The van der Waals surface area contributed by atoms with Gasteiger partial charge in [0.15, 0.2) is 5.76 Å². The van der Waals surface area contributed by atoms with Gasteiger partial charge in [0.2, 0.25) is 7.41 Å². The van der Waals surface area contributed by atoms with E-state index < -0.39 is 6.10 Å². The van der Waals surface area contributed by atoms with E-state index in [2.05, 4.69) is 10.4 Å². The van der Waals surface area contributed by atoms with Crippen LogP contribution in [0.4, 0.5) is 0 Å². The zero-order chi connectivity index (χ0) is 18.4. The van der Waals surface area contributed by atoms with Crippen LogP contribution in [0.25, 0.3) is 0 Å². The number of rotatable bonds is 8. The summed E-state index contributed by atoms with van der Waals surface area (Å²) in [6, 6.07) is 15.9. The summed E-state index contributed by atoms with van der Waals surface area (Å²) in [6.45, 7) is 0.539. The third kappa shape index (κ3) is 5.26. The molecule has 3 rings (SSSR count). The first kappa shape index (κ1) is 18.3. The van der Waals surface area contributed by atoms with Gasteiger partial charge in [0.1, 0.15) is 12.4 Å². The summed E-state index contributed by atoms with van der Waals surface area (Å²) < 4.78 is 10.5. The first-order valence-electron chi connectivity index (χ1n) is 8.00. The van der Waals surface area contributed by atoms with Crippen molar-refractivity contribution >= 4 is 24.5 Å². The number of nitrogens with one attached hydrogen (secondary N) is 2. The van der Waals surface area contributed by atoms with Crippen LogP contribution in [0.1, 0.15) is 17.4 Å². The van der Waals surface area contributed by atoms with Gasteiger partial charge in [0.25, 0.3) is 5.56 Å². The van der Waals surface area contributed by atoms with E-state index in [9.17, 15) is 9.90 Å². The summed E-state index contributed by atoms with van der Waals surface area (Å²) in [5.74, 6) is 1.09. The predicted octanol–water partition coefficient (Wildman–Crippen LogP) is 1.77. The van der Waals surface area contributed by atoms with Crippen LogP contribution in [0.3, 0.4) is 0 Å². The Labute approximate surface area is 156 Å². The first-order chi connectivity index (χ1) is 12.6. The van der Waals surface area contributed by atoms with Crippen LogP contribution in [0.5, 0.6) is 5.75 Å². The Morgan fingerprint density at radius 2 is 2.04 bits per heavy atom. The van der Waals surface area contributed by atoms with Crippen molar-refractivity contribution < 1.29 is 14.4 Å². The van der Waals surface area contributed by atoms with Gasteiger partial charge in [-0.2, -0.15) is 5.16 Å². The lowest BCUT2D eigenvalue weighted by molar-refractivity contribution is 0.182. The largest absolute Gasteiger partial charge is 0.486 e. The maximum atomic E-state index is 11.0. The van der Waals surface area contributed by atoms with Crippen LogP contribution < -0.4 is 21.0 Å². The molecule has 6 nitrogen and oxygen atoms in total. The molecule has 26 heavy (non-hydrogen) atoms. The summed E-state index contributed by atoms with van der Waals surface area (Å²) >= 11 is 5.93. The van der Waals surface area contributed by atoms with Crippen molar-refractivity contribution in [2.45, 2.75) is 12.7 Å². The molecule has 1 atom stereocenters. The summed E-state index contributed by atoms with van der Waals surface area (Å²) in [4.78, 5) is 11.0. The van der Waals surface area contributed by atoms with Gasteiger partial charge in [0, 0.05) is 11.6 Å². The van der Waals surface area contributed by atoms with E-state index in [0.717, 1.165) is 11.0 Å². The minimum atomic E-state index is -0.649. The fourth-order valence-corrected chi connectivity index (χ4v) is 2.53. The molecule has 0 saturated heterocycles. The lowest BCUT2D eigenvalue weighted by Gasteiger charge is -2.12. The molecular formula is C18H17BClN2O4. The number of benzene rings is 2. The van der Waals surface area contributed by atoms with E-state index >= 15 is 0 Å². The molecule has 0 fully saturated rings. The number of aromatic nitrogens is 1. The highest BCUT2D eigenvalue weighted by molar-refractivity contribution is 6.50. The average Bonchev–Trinajstić information content (AvgIpc) is 3.06. The number of aromatic amines is 1. The lowest BCUT2D eigenvalue weighted by Crippen LogP contribution is -2.33. The number of aliphatic hydroxyl groups excluding tert-OH is 1. The third-order valence-electron chi connectivity index (χ3n) is 3.65. The van der Waals surface area contributed by atoms with Crippen molar-refractivity contribution in [1.29, 1.82) is 0 Å². The van der Waals surface area contributed by atoms with Crippen molar-refractivity contribution in [1.82, 2.24) is 10.4 Å². The molecule has 3 N–H and O–H groups in total. The molecule has 1 aromatic heterocycles. The van der Waals surface area contributed by atoms with E-state index in [1.807, 2.05) is 43.8 Å². The van der Waals surface area contributed by atoms with Crippen LogP contribution in [-0.4, -0.2) is 24.2 Å². The smallest absolute Gasteiger partial charge is 0.280 e. The molecule has 1 heterocycles. The second kappa shape index (κ2) is 8.76. The molecule has 0 aliphatic heterocycles. The van der Waals surface area contributed by atoms with E-state index in [-0.39, 0.29) is 12.2 Å². The molecule has 3 aromatic rings. The van der Waals surface area contributed by atoms with Gasteiger partial charge in [-0.15, -0.1) is 0 Å². The molecule has 8 heteroatoms. The number of aliphatic hydroxyl groups is 1. The fourth-order valence-electron chi connectivity index (χ4n) is 2.33. The van der Waals surface area contributed by atoms with Crippen LogP contribution in [0, 0.1) is 0 Å². The average molecular weight is 372 g/mol. The molecule has 0 spiro atoms. The van der Waals surface area contributed by atoms with E-state index in [4.69, 9.17) is 20.9 Å². The highest BCUT2D eigenvalue weighted by atomic mass is 35.5. The SMILES string of the molecule is O=c1cc(COc2ccc([B]NCC(O)c3cccc(Cl)c3)cc2)o[nH]1. The first-order valence-corrected chi connectivity index (χ1v) is 8.38. The van der Waals surface area contributed by atoms with Gasteiger partial charge < -0.3 is 19.6 Å². The molecule has 0 bridgehead atoms. The summed E-state index contributed by atoms with van der Waals surface area (Å²) in [7, 11) is 1.81. The standard InChI is InChI=1S/C18H17BClN2O4/c20-14-3-1-2-12(8-14)17(23)10-21-19-13-4-6-15(7-5-13)25-11-16-9-18(24)22-26-16/h1-9,17,21,23H,10-11H2,(H,22,24). The summed E-state index contributed by atoms with van der Waals surface area (Å²) in [5, 5.41) is 16.0. The molecule has 0 aliphatic carbocycles. The number of halogens is 1. The zero-order valence-corrected chi connectivity index (χ0v) is 14.6. The van der Waals surface area contributed by atoms with Crippen molar-refractivity contribution in [3.8, 4) is 5.75 Å². The highest BCUT2D eigenvalue weighted by Gasteiger charge is 2.08. The topological polar surface area (TPSA) is 87.5 Å². The molecule has 0 aliphatic rings. The van der Waals surface area contributed by atoms with Gasteiger partial charge in [-0.1, -0.05) is 41.3 Å². The monoisotopic (exact) mass is 371 g/mol. The van der Waals surface area contributed by atoms with E-state index in [1.165, 1.54) is 6.07 Å². The Bertz CT molecular complexity index is 894. The van der Waals surface area contributed by atoms with Gasteiger partial charge >= 0.3 is 0 Å². The second-order valence-electron chi connectivity index (χ2n) is 5.66. The molecule has 133 valence electrons. The Morgan fingerprint density at radius 3 is 2.73 bits per heavy atom. The molecular weight excluding hydrogens is 354 g/mol. The highest BCUT2D eigenvalue weighted by Crippen LogP contribution is 2.16. The fraction of sp³-hybridized carbons (Fsp3) is 0.167. The lowest BCUT2D eigenvalue weighted by atomic mass is 9.82. The normalized spacial score (nSPS) is 11.9. The summed E-state index contributed by atoms with van der Waals surface area (Å²) in [6.07, 6.45) is -0.649. The number of ether oxygens (including phenoxy) is 1. The van der Waals surface area contributed by atoms with Crippen LogP contribution in [-0.2, 0) is 6.61 Å². The predicted molar refractivity (Wildman–Crippen MR) is 99.9 cm³/mol. The Kier molecular flexibility index (Phi) is 6.17. The Hall–Kier alpha value is -2.48. The number of hydrogen-bond donors (Lipinski definition) is 3. The third-order valence-corrected chi connectivity index (χ3v) is 3.88. The van der Waals surface area contributed by atoms with Crippen molar-refractivity contribution in [3.05, 3.63) is 81.3 Å². The van der Waals surface area contributed by atoms with Crippen LogP contribution in [0.15, 0.2) is 63.9 Å². The van der Waals surface area contributed by atoms with Gasteiger partial charge in [-0.3, -0.25) is 4.79 Å². The second-order valence-corrected chi connectivity index (χ2v) is 6.10. The van der Waals surface area contributed by atoms with Gasteiger partial charge in [-0.25, -0.2) is 0 Å². The van der Waals surface area contributed by atoms with E-state index in [1.54, 1.807) is 12.1 Å². The Morgan fingerprint density at radius 1 is 1.23 bits per heavy atom. The maximum Gasteiger partial charge on any atom is 0.280 e. The molecule has 0 amide bonds. The minimum absolute atomic E-state index is 0.172. The number of H-pyrrole nitrogens is 1. The maximum absolute atomic E-state index is 11.0. The van der Waals surface area contributed by atoms with Crippen molar-refractivity contribution in [2.24, 2.45) is 0 Å². The summed E-state index contributed by atoms with van der Waals surface area (Å²) in [5.41, 5.74) is 1.40. The number of hydrogen-bond acceptors (Lipinski definition) is 5. The van der Waals surface area contributed by atoms with Crippen molar-refractivity contribution in [2.75, 3.05) is 6.54 Å². The van der Waals surface area contributed by atoms with Crippen molar-refractivity contribution in [3.63, 3.8) is 0 Å². The minimum Gasteiger partial charge on any atom is -0.486 e.